The van der Waals surface area contributed by atoms with Gasteiger partial charge in [-0.3, -0.25) is 25.0 Å². The minimum Gasteiger partial charge on any atom is -0.548 e. The molecule has 0 aliphatic heterocycles. The number of carbonyl (C=O) groups excluding carboxylic acids is 2. The fourth-order valence-corrected chi connectivity index (χ4v) is 8.91. The molecule has 0 heterocycles. The Morgan fingerprint density at radius 1 is 0.427 bits per heavy atom. The van der Waals surface area contributed by atoms with Gasteiger partial charge in [0.15, 0.2) is 6.04 Å². The van der Waals surface area contributed by atoms with E-state index in [1.807, 2.05) is 189 Å². The second kappa shape index (κ2) is 41.7. The fourth-order valence-electron chi connectivity index (χ4n) is 8.91. The van der Waals surface area contributed by atoms with Gasteiger partial charge in [-0.05, 0) is 88.8 Å². The van der Waals surface area contributed by atoms with Crippen molar-refractivity contribution in [2.45, 2.75) is 127 Å². The first-order chi connectivity index (χ1) is 41.8. The number of ether oxygens (including phenoxy) is 4. The largest absolute Gasteiger partial charge is 1.00 e. The van der Waals surface area contributed by atoms with Gasteiger partial charge in [-0.2, -0.15) is 0 Å². The Balaban J connectivity index is 0.000000604. The van der Waals surface area contributed by atoms with Crippen LogP contribution in [0.25, 0.3) is 0 Å². The molecular formula is C66H86N5NaO17. The zero-order chi connectivity index (χ0) is 66.0. The summed E-state index contributed by atoms with van der Waals surface area (Å²) in [5, 5.41) is 74.4. The normalized spacial score (nSPS) is 14.2. The van der Waals surface area contributed by atoms with Crippen LogP contribution in [0.5, 0.6) is 0 Å². The maximum absolute atomic E-state index is 12.2. The first-order valence-corrected chi connectivity index (χ1v) is 28.4. The minimum absolute atomic E-state index is 0. The standard InChI is InChI=1S/C25H27NO3.C23H23NO3.C8H15NO5.C6H13NO3.C4H9NO3.Na/c1-3-29-19(2)23(24(27)28)26-25(20-13-7-4-8-14-20,21-15-9-5-10-16-21)22-17-11-6-12-18-22;1-17(25)21(22(26)27)24-23(18-11-5-2-6-12-18,19-13-7-3-8-14-19)20-15-9-4-10-16-20;1-4-14-5(2)6(7(10)11)9-8(12)13-3;1-3-10-4(2)5(7)6(8)9;1-2(6)3(5)4(7)8;/h4-19,23,26H,3H2,1-2H3,(H,27,28);2-17,21,24-25H,1H3,(H,26,27);5-6H,4H2,1-3H3,(H,9,12)(H,10,11);4-5H,3,7H2,1-2H3,(H,8,9);2-3,6H,5H2,1H3,(H,7,8);/q;;;;;+1/p-1/t19-,23+;17-,21+;5-,6+;4-,5+;2-,3+;/m11111./s1. The summed E-state index contributed by atoms with van der Waals surface area (Å²) in [7, 11) is 1.17. The van der Waals surface area contributed by atoms with E-state index in [1.165, 1.54) is 21.0 Å². The quantitative estimate of drug-likeness (QED) is 0.0260. The van der Waals surface area contributed by atoms with Crippen molar-refractivity contribution in [3.63, 3.8) is 0 Å². The van der Waals surface area contributed by atoms with Gasteiger partial charge in [0, 0.05) is 19.8 Å². The van der Waals surface area contributed by atoms with Crippen LogP contribution < -0.4 is 62.1 Å². The number of benzene rings is 6. The summed E-state index contributed by atoms with van der Waals surface area (Å²) in [5.41, 5.74) is 13.8. The van der Waals surface area contributed by atoms with Crippen LogP contribution in [0.3, 0.4) is 0 Å². The van der Waals surface area contributed by atoms with Crippen molar-refractivity contribution in [2.24, 2.45) is 11.5 Å². The van der Waals surface area contributed by atoms with Crippen molar-refractivity contribution in [2.75, 3.05) is 26.9 Å². The van der Waals surface area contributed by atoms with E-state index in [2.05, 4.69) is 20.7 Å². The average molecular weight is 1240 g/mol. The molecule has 1 amide bonds. The number of alkyl carbamates (subject to hydrolysis) is 1. The molecule has 0 saturated heterocycles. The first-order valence-electron chi connectivity index (χ1n) is 28.4. The van der Waals surface area contributed by atoms with E-state index in [0.29, 0.717) is 19.8 Å². The van der Waals surface area contributed by atoms with Gasteiger partial charge in [0.1, 0.15) is 18.1 Å². The number of hydrogen-bond donors (Lipinski definition) is 11. The van der Waals surface area contributed by atoms with Gasteiger partial charge in [0.2, 0.25) is 0 Å². The Morgan fingerprint density at radius 2 is 0.685 bits per heavy atom. The number of hydrogen-bond acceptors (Lipinski definition) is 17. The Bertz CT molecular complexity index is 2770. The molecule has 0 aromatic heterocycles. The summed E-state index contributed by atoms with van der Waals surface area (Å²) in [5.74, 6) is -5.66. The van der Waals surface area contributed by atoms with Crippen LogP contribution in [0, 0.1) is 0 Å². The number of aliphatic hydroxyl groups excluding tert-OH is 2. The van der Waals surface area contributed by atoms with Crippen molar-refractivity contribution in [1.82, 2.24) is 16.0 Å². The Labute approximate surface area is 542 Å². The van der Waals surface area contributed by atoms with Crippen LogP contribution in [0.2, 0.25) is 0 Å². The Hall–Kier alpha value is -7.42. The molecule has 478 valence electrons. The SMILES string of the molecule is CCO[C@H](C)[C@H](N)C(=O)O.CCO[C@H](C)[C@H](NC(=O)OC)C(=O)O.CCO[C@H](C)[C@H](NC(c1ccccc1)(c1ccccc1)c1ccccc1)C(=O)O.C[C@@H](O)[C@H](N)C(=O)O.C[C@@H](O)[C@H](NC(c1ccccc1)(c1ccccc1)c1ccccc1)C(=O)[O-].[Na+]. The van der Waals surface area contributed by atoms with E-state index in [4.69, 9.17) is 46.1 Å². The first kappa shape index (κ1) is 79.6. The summed E-state index contributed by atoms with van der Waals surface area (Å²) >= 11 is 0. The van der Waals surface area contributed by atoms with Gasteiger partial charge >= 0.3 is 59.5 Å². The molecule has 6 aromatic rings. The minimum atomic E-state index is -1.35. The maximum Gasteiger partial charge on any atom is 1.00 e. The maximum atomic E-state index is 12.2. The molecular weight excluding hydrogens is 1160 g/mol. The van der Waals surface area contributed by atoms with E-state index in [-0.39, 0.29) is 29.6 Å². The second-order valence-corrected chi connectivity index (χ2v) is 19.7. The van der Waals surface area contributed by atoms with E-state index < -0.39 is 108 Å². The monoisotopic (exact) mass is 1240 g/mol. The molecule has 13 N–H and O–H groups in total. The van der Waals surface area contributed by atoms with E-state index in [0.717, 1.165) is 33.4 Å². The summed E-state index contributed by atoms with van der Waals surface area (Å²) in [6.45, 7) is 14.5. The smallest absolute Gasteiger partial charge is 0.548 e. The third-order valence-corrected chi connectivity index (χ3v) is 13.5. The number of aliphatic carboxylic acids is 5. The molecule has 0 radical (unpaired) electrons. The Kier molecular flexibility index (Phi) is 37.3. The molecule has 0 fully saturated rings. The van der Waals surface area contributed by atoms with Gasteiger partial charge in [0.25, 0.3) is 0 Å². The second-order valence-electron chi connectivity index (χ2n) is 19.7. The van der Waals surface area contributed by atoms with Crippen LogP contribution in [0.4, 0.5) is 4.79 Å². The van der Waals surface area contributed by atoms with Gasteiger partial charge < -0.3 is 76.3 Å². The van der Waals surface area contributed by atoms with Crippen molar-refractivity contribution >= 4 is 35.9 Å². The predicted molar refractivity (Wildman–Crippen MR) is 330 cm³/mol. The zero-order valence-electron chi connectivity index (χ0n) is 52.0. The number of rotatable bonds is 27. The van der Waals surface area contributed by atoms with Gasteiger partial charge in [-0.15, -0.1) is 0 Å². The number of aliphatic hydroxyl groups is 2. The molecule has 6 rings (SSSR count). The molecule has 0 unspecified atom stereocenters. The molecule has 89 heavy (non-hydrogen) atoms. The zero-order valence-corrected chi connectivity index (χ0v) is 54.0. The average Bonchev–Trinajstić information content (AvgIpc) is 0.821. The number of nitrogens with one attached hydrogen (secondary N) is 3. The van der Waals surface area contributed by atoms with Crippen molar-refractivity contribution in [3.05, 3.63) is 215 Å². The molecule has 0 aliphatic carbocycles. The summed E-state index contributed by atoms with van der Waals surface area (Å²) in [4.78, 5) is 65.6. The molecule has 22 nitrogen and oxygen atoms in total. The summed E-state index contributed by atoms with van der Waals surface area (Å²) < 4.78 is 20.0. The van der Waals surface area contributed by atoms with Crippen LogP contribution in [0.1, 0.15) is 88.8 Å². The summed E-state index contributed by atoms with van der Waals surface area (Å²) in [6, 6.07) is 53.4. The molecule has 0 saturated carbocycles. The van der Waals surface area contributed by atoms with Crippen molar-refractivity contribution < 1.29 is 113 Å². The van der Waals surface area contributed by atoms with Gasteiger partial charge in [-0.1, -0.05) is 182 Å². The van der Waals surface area contributed by atoms with Crippen LogP contribution in [0.15, 0.2) is 182 Å². The van der Waals surface area contributed by atoms with Crippen LogP contribution >= 0.6 is 0 Å². The predicted octanol–water partition coefficient (Wildman–Crippen LogP) is 2.34. The number of carbonyl (C=O) groups is 6. The van der Waals surface area contributed by atoms with Crippen LogP contribution in [-0.4, -0.2) is 154 Å². The van der Waals surface area contributed by atoms with Gasteiger partial charge in [-0.25, -0.2) is 9.59 Å². The summed E-state index contributed by atoms with van der Waals surface area (Å²) in [6.07, 6.45) is -4.42. The number of methoxy groups -OCH3 is 1. The topological polar surface area (TPSA) is 372 Å². The third kappa shape index (κ3) is 24.8. The third-order valence-electron chi connectivity index (χ3n) is 13.5. The number of carboxylic acid groups (broad SMARTS) is 5. The number of nitrogens with two attached hydrogens (primary N) is 2. The molecule has 0 bridgehead atoms. The van der Waals surface area contributed by atoms with E-state index >= 15 is 0 Å². The molecule has 0 spiro atoms. The molecule has 10 atom stereocenters. The van der Waals surface area contributed by atoms with Crippen LogP contribution in [-0.2, 0) is 54.0 Å². The van der Waals surface area contributed by atoms with E-state index in [9.17, 15) is 44.1 Å². The number of carboxylic acids is 5. The Morgan fingerprint density at radius 3 is 0.888 bits per heavy atom. The van der Waals surface area contributed by atoms with Gasteiger partial charge in [0.05, 0.1) is 60.7 Å². The molecule has 0 aliphatic rings. The molecule has 6 aromatic carbocycles. The number of amides is 1. The van der Waals surface area contributed by atoms with E-state index in [1.54, 1.807) is 34.6 Å². The van der Waals surface area contributed by atoms with Crippen molar-refractivity contribution in [3.8, 4) is 0 Å². The van der Waals surface area contributed by atoms with Crippen molar-refractivity contribution in [1.29, 1.82) is 0 Å². The fraction of sp³-hybridized carbons (Fsp3) is 0.364. The molecule has 23 heteroatoms.